The van der Waals surface area contributed by atoms with Crippen molar-refractivity contribution in [3.63, 3.8) is 0 Å². The molecule has 1 unspecified atom stereocenters. The van der Waals surface area contributed by atoms with Crippen LogP contribution in [0.25, 0.3) is 0 Å². The Bertz CT molecular complexity index is 736. The Balaban J connectivity index is 1.66. The predicted octanol–water partition coefficient (Wildman–Crippen LogP) is 2.98. The highest BCUT2D eigenvalue weighted by Crippen LogP contribution is 2.28. The van der Waals surface area contributed by atoms with Crippen molar-refractivity contribution >= 4 is 17.5 Å². The zero-order chi connectivity index (χ0) is 18.7. The molecular weight excluding hydrogens is 340 g/mol. The maximum absolute atomic E-state index is 14.7. The van der Waals surface area contributed by atoms with E-state index in [0.29, 0.717) is 24.7 Å². The van der Waals surface area contributed by atoms with Gasteiger partial charge in [-0.25, -0.2) is 13.8 Å². The van der Waals surface area contributed by atoms with Crippen molar-refractivity contribution in [3.8, 4) is 0 Å². The van der Waals surface area contributed by atoms with Gasteiger partial charge in [-0.15, -0.1) is 0 Å². The normalized spacial score (nSPS) is 22.2. The van der Waals surface area contributed by atoms with Gasteiger partial charge in [0.2, 0.25) is 5.95 Å². The van der Waals surface area contributed by atoms with Gasteiger partial charge in [0.1, 0.15) is 6.17 Å². The lowest BCUT2D eigenvalue weighted by Crippen LogP contribution is -2.46. The molecule has 3 rings (SSSR count). The lowest BCUT2D eigenvalue weighted by atomic mass is 10.0. The molecule has 142 valence electrons. The number of hydrogen-bond acceptors (Lipinski definition) is 6. The molecule has 0 bridgehead atoms. The van der Waals surface area contributed by atoms with E-state index in [9.17, 15) is 8.78 Å². The monoisotopic (exact) mass is 365 g/mol. The molecule has 3 atom stereocenters. The van der Waals surface area contributed by atoms with E-state index in [2.05, 4.69) is 44.4 Å². The van der Waals surface area contributed by atoms with Crippen molar-refractivity contribution < 1.29 is 8.78 Å². The molecular formula is C17H25F2N7. The first-order valence-corrected chi connectivity index (χ1v) is 8.91. The van der Waals surface area contributed by atoms with Crippen molar-refractivity contribution in [2.45, 2.75) is 44.9 Å². The van der Waals surface area contributed by atoms with E-state index in [1.54, 1.807) is 24.1 Å². The molecule has 0 radical (unpaired) electrons. The lowest BCUT2D eigenvalue weighted by molar-refractivity contribution is 0.0594. The third kappa shape index (κ3) is 3.92. The lowest BCUT2D eigenvalue weighted by Gasteiger charge is -2.37. The molecule has 7 nitrogen and oxygen atoms in total. The molecule has 1 fully saturated rings. The number of anilines is 3. The summed E-state index contributed by atoms with van der Waals surface area (Å²) in [6, 6.07) is 0.105. The van der Waals surface area contributed by atoms with Gasteiger partial charge in [0.15, 0.2) is 11.6 Å². The van der Waals surface area contributed by atoms with Crippen LogP contribution in [0.5, 0.6) is 0 Å². The van der Waals surface area contributed by atoms with Crippen LogP contribution >= 0.6 is 0 Å². The zero-order valence-electron chi connectivity index (χ0n) is 15.3. The van der Waals surface area contributed by atoms with Gasteiger partial charge in [-0.1, -0.05) is 6.92 Å². The van der Waals surface area contributed by atoms with Gasteiger partial charge in [0.25, 0.3) is 0 Å². The smallest absolute Gasteiger partial charge is 0.229 e. The molecule has 1 saturated heterocycles. The van der Waals surface area contributed by atoms with Crippen LogP contribution in [-0.2, 0) is 0 Å². The first-order chi connectivity index (χ1) is 12.5. The van der Waals surface area contributed by atoms with Crippen molar-refractivity contribution in [1.29, 1.82) is 0 Å². The van der Waals surface area contributed by atoms with Gasteiger partial charge in [-0.3, -0.25) is 9.58 Å². The third-order valence-corrected chi connectivity index (χ3v) is 4.93. The summed E-state index contributed by atoms with van der Waals surface area (Å²) in [5.74, 6) is -0.170. The molecule has 0 spiro atoms. The van der Waals surface area contributed by atoms with Crippen molar-refractivity contribution in [1.82, 2.24) is 24.6 Å². The summed E-state index contributed by atoms with van der Waals surface area (Å²) in [7, 11) is 1.58. The molecule has 0 aromatic carbocycles. The summed E-state index contributed by atoms with van der Waals surface area (Å²) in [6.07, 6.45) is 5.18. The van der Waals surface area contributed by atoms with Gasteiger partial charge in [-0.05, 0) is 19.8 Å². The van der Waals surface area contributed by atoms with Crippen molar-refractivity contribution in [2.24, 2.45) is 0 Å². The Morgan fingerprint density at radius 1 is 1.38 bits per heavy atom. The maximum Gasteiger partial charge on any atom is 0.229 e. The highest BCUT2D eigenvalue weighted by Gasteiger charge is 2.32. The minimum absolute atomic E-state index is 0.108. The summed E-state index contributed by atoms with van der Waals surface area (Å²) in [5.41, 5.74) is 0.634. The second-order valence-electron chi connectivity index (χ2n) is 6.60. The molecule has 1 aliphatic rings. The second-order valence-corrected chi connectivity index (χ2v) is 6.60. The Labute approximate surface area is 151 Å². The number of alkyl halides is 1. The predicted molar refractivity (Wildman–Crippen MR) is 96.9 cm³/mol. The maximum atomic E-state index is 14.7. The summed E-state index contributed by atoms with van der Waals surface area (Å²) >= 11 is 0. The Morgan fingerprint density at radius 3 is 2.88 bits per heavy atom. The number of hydrogen-bond donors (Lipinski definition) is 2. The quantitative estimate of drug-likeness (QED) is 0.820. The van der Waals surface area contributed by atoms with Gasteiger partial charge < -0.3 is 10.6 Å². The Kier molecular flexibility index (Phi) is 5.65. The minimum Gasteiger partial charge on any atom is -0.371 e. The van der Waals surface area contributed by atoms with E-state index in [1.165, 1.54) is 0 Å². The van der Waals surface area contributed by atoms with Crippen LogP contribution < -0.4 is 10.6 Å². The number of nitrogens with one attached hydrogen (secondary N) is 2. The number of likely N-dealkylation sites (tertiary alicyclic amines) is 1. The fourth-order valence-electron chi connectivity index (χ4n) is 3.19. The first kappa shape index (κ1) is 18.5. The summed E-state index contributed by atoms with van der Waals surface area (Å²) < 4.78 is 29.8. The Morgan fingerprint density at radius 2 is 2.19 bits per heavy atom. The molecule has 2 N–H and O–H groups in total. The highest BCUT2D eigenvalue weighted by molar-refractivity contribution is 5.52. The number of halogens is 2. The van der Waals surface area contributed by atoms with Crippen LogP contribution in [0.2, 0.25) is 0 Å². The second kappa shape index (κ2) is 7.94. The summed E-state index contributed by atoms with van der Waals surface area (Å²) in [4.78, 5) is 10.1. The van der Waals surface area contributed by atoms with E-state index >= 15 is 0 Å². The van der Waals surface area contributed by atoms with Crippen LogP contribution in [0.4, 0.5) is 26.2 Å². The highest BCUT2D eigenvalue weighted by atomic mass is 19.1. The van der Waals surface area contributed by atoms with E-state index in [-0.39, 0.29) is 17.8 Å². The number of nitrogens with zero attached hydrogens (tertiary/aromatic N) is 5. The van der Waals surface area contributed by atoms with Crippen LogP contribution in [0, 0.1) is 5.82 Å². The molecule has 1 aliphatic heterocycles. The molecule has 2 aromatic heterocycles. The van der Waals surface area contributed by atoms with Crippen molar-refractivity contribution in [3.05, 3.63) is 24.4 Å². The average Bonchev–Trinajstić information content (AvgIpc) is 3.10. The van der Waals surface area contributed by atoms with Crippen molar-refractivity contribution in [2.75, 3.05) is 30.8 Å². The number of aromatic nitrogens is 4. The molecule has 0 amide bonds. The molecule has 3 heterocycles. The number of piperidine rings is 1. The molecule has 26 heavy (non-hydrogen) atoms. The third-order valence-electron chi connectivity index (χ3n) is 4.93. The largest absolute Gasteiger partial charge is 0.371 e. The Hall–Kier alpha value is -2.29. The van der Waals surface area contributed by atoms with Gasteiger partial charge in [0.05, 0.1) is 24.1 Å². The van der Waals surface area contributed by atoms with E-state index < -0.39 is 12.0 Å². The van der Waals surface area contributed by atoms with Gasteiger partial charge >= 0.3 is 0 Å². The molecule has 9 heteroatoms. The summed E-state index contributed by atoms with van der Waals surface area (Å²) in [6.45, 7) is 5.53. The first-order valence-electron chi connectivity index (χ1n) is 8.91. The fourth-order valence-corrected chi connectivity index (χ4v) is 3.19. The van der Waals surface area contributed by atoms with Gasteiger partial charge in [-0.2, -0.15) is 10.1 Å². The van der Waals surface area contributed by atoms with Crippen LogP contribution in [0.1, 0.15) is 32.7 Å². The SMILES string of the molecule is CCC(C)N1CC[C@@H](n2cc(Nc3ncc(F)c(NC)n3)cn2)[C@H](F)C1. The van der Waals surface area contributed by atoms with Crippen LogP contribution in [0.3, 0.4) is 0 Å². The molecule has 2 aromatic rings. The molecule has 0 aliphatic carbocycles. The topological polar surface area (TPSA) is 70.9 Å². The zero-order valence-corrected chi connectivity index (χ0v) is 15.3. The summed E-state index contributed by atoms with van der Waals surface area (Å²) in [5, 5.41) is 9.92. The standard InChI is InChI=1S/C17H25F2N7/c1-4-11(2)25-6-5-15(14(19)10-25)26-9-12(7-22-26)23-17-21-8-13(18)16(20-3)24-17/h7-9,11,14-15H,4-6,10H2,1-3H3,(H2,20,21,23,24)/t11?,14-,15-/m1/s1. The molecule has 0 saturated carbocycles. The van der Waals surface area contributed by atoms with E-state index in [1.807, 2.05) is 0 Å². The minimum atomic E-state index is -0.969. The van der Waals surface area contributed by atoms with E-state index in [4.69, 9.17) is 0 Å². The fraction of sp³-hybridized carbons (Fsp3) is 0.588. The van der Waals surface area contributed by atoms with Crippen LogP contribution in [-0.4, -0.2) is 57.0 Å². The van der Waals surface area contributed by atoms with Crippen LogP contribution in [0.15, 0.2) is 18.6 Å². The van der Waals surface area contributed by atoms with Gasteiger partial charge in [0, 0.05) is 32.4 Å². The van der Waals surface area contributed by atoms with E-state index in [0.717, 1.165) is 19.2 Å². The average molecular weight is 365 g/mol. The number of rotatable bonds is 6.